The number of nitrogens with one attached hydrogen (secondary N) is 1. The van der Waals surface area contributed by atoms with Crippen molar-refractivity contribution in [3.63, 3.8) is 0 Å². The molecular weight excluding hydrogens is 87.7 g/mol. The molecule has 0 aliphatic rings. The Morgan fingerprint density at radius 1 is 1.71 bits per heavy atom. The van der Waals surface area contributed by atoms with Crippen LogP contribution in [0, 0.1) is 0 Å². The third kappa shape index (κ3) is 2.71. The monoisotopic (exact) mass is 99.1 g/mol. The number of aliphatic hydroxyl groups is 1. The second-order valence-electron chi connectivity index (χ2n) is 2.29. The first-order valence-corrected chi connectivity index (χ1v) is 2.42. The molecule has 2 N–H and O–H groups in total. The van der Waals surface area contributed by atoms with Crippen molar-refractivity contribution >= 4 is 15.7 Å². The van der Waals surface area contributed by atoms with Gasteiger partial charge in [0.15, 0.2) is 0 Å². The van der Waals surface area contributed by atoms with Crippen molar-refractivity contribution in [1.82, 2.24) is 5.32 Å². The number of aliphatic hydroxyl groups excluding tert-OH is 1. The van der Waals surface area contributed by atoms with Crippen molar-refractivity contribution in [3.8, 4) is 0 Å². The molecule has 2 nitrogen and oxygen atoms in total. The van der Waals surface area contributed by atoms with Crippen molar-refractivity contribution in [2.75, 3.05) is 13.7 Å². The van der Waals surface area contributed by atoms with Crippen LogP contribution in [0.3, 0.4) is 0 Å². The molecule has 0 aliphatic carbocycles. The topological polar surface area (TPSA) is 32.3 Å². The minimum atomic E-state index is -0.111. The van der Waals surface area contributed by atoms with Crippen molar-refractivity contribution in [3.05, 3.63) is 0 Å². The maximum atomic E-state index is 8.53. The quantitative estimate of drug-likeness (QED) is 0.364. The van der Waals surface area contributed by atoms with Gasteiger partial charge < -0.3 is 10.4 Å². The lowest BCUT2D eigenvalue weighted by atomic mass is 9.63. The van der Waals surface area contributed by atoms with Crippen LogP contribution in [-0.4, -0.2) is 39.8 Å². The molecule has 40 valence electrons. The molecule has 4 heteroatoms. The molecule has 0 radical (unpaired) electrons. The summed E-state index contributed by atoms with van der Waals surface area (Å²) in [7, 11) is 5.70. The summed E-state index contributed by atoms with van der Waals surface area (Å²) in [6.07, 6.45) is 0. The van der Waals surface area contributed by atoms with Crippen LogP contribution in [0.2, 0.25) is 0 Å². The summed E-state index contributed by atoms with van der Waals surface area (Å²) >= 11 is 0. The zero-order valence-corrected chi connectivity index (χ0v) is 5.15. The molecule has 0 aromatic carbocycles. The maximum absolute atomic E-state index is 8.53. The Hall–Kier alpha value is 0.0499. The van der Waals surface area contributed by atoms with Gasteiger partial charge in [0, 0.05) is 6.61 Å². The maximum Gasteiger partial charge on any atom is 0.119 e. The molecule has 0 bridgehead atoms. The predicted molar refractivity (Wildman–Crippen MR) is 36.0 cm³/mol. The van der Waals surface area contributed by atoms with Gasteiger partial charge in [-0.05, 0) is 12.4 Å². The van der Waals surface area contributed by atoms with E-state index in [-0.39, 0.29) is 11.9 Å². The highest BCUT2D eigenvalue weighted by atomic mass is 16.3. The van der Waals surface area contributed by atoms with Crippen LogP contribution >= 0.6 is 0 Å². The van der Waals surface area contributed by atoms with Crippen molar-refractivity contribution in [2.45, 2.75) is 5.34 Å². The molecule has 0 rings (SSSR count). The Labute approximate surface area is 46.1 Å². The summed E-state index contributed by atoms with van der Waals surface area (Å²) in [6.45, 7) is 0.184. The van der Waals surface area contributed by atoms with Gasteiger partial charge in [0.25, 0.3) is 0 Å². The SMILES string of the molecule is BC(B)(CO)NC. The Morgan fingerprint density at radius 3 is 2.14 bits per heavy atom. The largest absolute Gasteiger partial charge is 0.396 e. The minimum Gasteiger partial charge on any atom is -0.396 e. The Balaban J connectivity index is 3.36. The summed E-state index contributed by atoms with van der Waals surface area (Å²) in [5, 5.41) is 11.4. The van der Waals surface area contributed by atoms with E-state index in [0.29, 0.717) is 0 Å². The summed E-state index contributed by atoms with van der Waals surface area (Å²) in [6, 6.07) is 0. The van der Waals surface area contributed by atoms with Gasteiger partial charge in [-0.1, -0.05) is 0 Å². The minimum absolute atomic E-state index is 0.111. The first-order valence-electron chi connectivity index (χ1n) is 2.42. The highest BCUT2D eigenvalue weighted by molar-refractivity contribution is 6.40. The van der Waals surface area contributed by atoms with E-state index in [0.717, 1.165) is 0 Å². The predicted octanol–water partition coefficient (Wildman–Crippen LogP) is -2.88. The Morgan fingerprint density at radius 2 is 2.14 bits per heavy atom. The standard InChI is InChI=1S/C3H11B2NO/c1-6-3(4,5)2-7/h6-7H,2,4-5H2,1H3. The van der Waals surface area contributed by atoms with Gasteiger partial charge in [-0.2, -0.15) is 0 Å². The normalized spacial score (nSPS) is 11.7. The number of likely N-dealkylation sites (N-methyl/N-ethyl adjacent to an activating group) is 1. The number of hydrogen-bond acceptors (Lipinski definition) is 2. The zero-order valence-electron chi connectivity index (χ0n) is 5.15. The lowest BCUT2D eigenvalue weighted by Gasteiger charge is -2.19. The van der Waals surface area contributed by atoms with Gasteiger partial charge >= 0.3 is 0 Å². The summed E-state index contributed by atoms with van der Waals surface area (Å²) in [5.74, 6) is 0. The summed E-state index contributed by atoms with van der Waals surface area (Å²) in [4.78, 5) is 0. The van der Waals surface area contributed by atoms with Gasteiger partial charge in [-0.15, -0.1) is 0 Å². The van der Waals surface area contributed by atoms with Crippen LogP contribution in [0.25, 0.3) is 0 Å². The molecule has 0 atom stereocenters. The highest BCUT2D eigenvalue weighted by Crippen LogP contribution is 1.83. The molecule has 0 aliphatic heterocycles. The molecule has 0 saturated carbocycles. The van der Waals surface area contributed by atoms with Gasteiger partial charge in [-0.25, -0.2) is 0 Å². The fraction of sp³-hybridized carbons (Fsp3) is 1.00. The van der Waals surface area contributed by atoms with Crippen LogP contribution in [-0.2, 0) is 0 Å². The molecule has 0 saturated heterocycles. The third-order valence-corrected chi connectivity index (χ3v) is 1.07. The van der Waals surface area contributed by atoms with Crippen LogP contribution in [0.15, 0.2) is 0 Å². The summed E-state index contributed by atoms with van der Waals surface area (Å²) < 4.78 is 0. The third-order valence-electron chi connectivity index (χ3n) is 1.07. The molecule has 7 heavy (non-hydrogen) atoms. The lowest BCUT2D eigenvalue weighted by molar-refractivity contribution is 0.266. The second-order valence-corrected chi connectivity index (χ2v) is 2.29. The van der Waals surface area contributed by atoms with E-state index in [1.165, 1.54) is 0 Å². The smallest absolute Gasteiger partial charge is 0.119 e. The Kier molecular flexibility index (Phi) is 2.40. The van der Waals surface area contributed by atoms with Crippen LogP contribution in [0.4, 0.5) is 0 Å². The molecule has 0 fully saturated rings. The lowest BCUT2D eigenvalue weighted by Crippen LogP contribution is -2.47. The first kappa shape index (κ1) is 7.05. The Bertz CT molecular complexity index is 50.9. The van der Waals surface area contributed by atoms with E-state index in [4.69, 9.17) is 5.11 Å². The molecule has 0 aromatic rings. The summed E-state index contributed by atoms with van der Waals surface area (Å²) in [5.41, 5.74) is 0. The van der Waals surface area contributed by atoms with E-state index in [1.54, 1.807) is 0 Å². The van der Waals surface area contributed by atoms with Crippen LogP contribution < -0.4 is 5.32 Å². The fourth-order valence-electron chi connectivity index (χ4n) is 0.0791. The van der Waals surface area contributed by atoms with Crippen molar-refractivity contribution in [2.24, 2.45) is 0 Å². The molecule has 0 spiro atoms. The second kappa shape index (κ2) is 2.38. The fourth-order valence-corrected chi connectivity index (χ4v) is 0.0791. The average Bonchev–Trinajstić information content (AvgIpc) is 1.68. The zero-order chi connectivity index (χ0) is 5.91. The first-order chi connectivity index (χ1) is 3.12. The van der Waals surface area contributed by atoms with E-state index >= 15 is 0 Å². The van der Waals surface area contributed by atoms with E-state index in [2.05, 4.69) is 5.32 Å². The molecule has 0 heterocycles. The number of hydrogen-bond donors (Lipinski definition) is 2. The van der Waals surface area contributed by atoms with E-state index in [1.807, 2.05) is 22.7 Å². The van der Waals surface area contributed by atoms with Gasteiger partial charge in [-0.3, -0.25) is 0 Å². The van der Waals surface area contributed by atoms with E-state index in [9.17, 15) is 0 Å². The van der Waals surface area contributed by atoms with E-state index < -0.39 is 0 Å². The molecule has 0 aromatic heterocycles. The average molecular weight is 98.8 g/mol. The van der Waals surface area contributed by atoms with Crippen molar-refractivity contribution < 1.29 is 5.11 Å². The number of rotatable bonds is 2. The van der Waals surface area contributed by atoms with Crippen LogP contribution in [0.5, 0.6) is 0 Å². The van der Waals surface area contributed by atoms with Crippen LogP contribution in [0.1, 0.15) is 0 Å². The molecule has 0 unspecified atom stereocenters. The molecular formula is C3H11B2NO. The van der Waals surface area contributed by atoms with Gasteiger partial charge in [0.2, 0.25) is 0 Å². The van der Waals surface area contributed by atoms with Gasteiger partial charge in [0.1, 0.15) is 15.7 Å². The van der Waals surface area contributed by atoms with Crippen molar-refractivity contribution in [1.29, 1.82) is 0 Å². The highest BCUT2D eigenvalue weighted by Gasteiger charge is 2.11. The van der Waals surface area contributed by atoms with Gasteiger partial charge in [0.05, 0.1) is 0 Å². The molecule has 0 amide bonds.